The van der Waals surface area contributed by atoms with E-state index in [1.807, 2.05) is 20.8 Å². The first kappa shape index (κ1) is 27.9. The van der Waals surface area contributed by atoms with Crippen molar-refractivity contribution < 1.29 is 29.4 Å². The molecule has 5 unspecified atom stereocenters. The number of aromatic hydroxyl groups is 1. The van der Waals surface area contributed by atoms with Gasteiger partial charge in [-0.15, -0.1) is 0 Å². The molecular weight excluding hydrogens is 428 g/mol. The summed E-state index contributed by atoms with van der Waals surface area (Å²) in [6.45, 7) is 7.00. The van der Waals surface area contributed by atoms with Gasteiger partial charge in [0.25, 0.3) is 0 Å². The minimum Gasteiger partial charge on any atom is -0.508 e. The van der Waals surface area contributed by atoms with Gasteiger partial charge in [-0.2, -0.15) is 0 Å². The minimum atomic E-state index is -1.23. The van der Waals surface area contributed by atoms with Crippen LogP contribution in [0, 0.1) is 11.8 Å². The summed E-state index contributed by atoms with van der Waals surface area (Å²) in [4.78, 5) is 49.0. The molecule has 1 rings (SSSR count). The van der Waals surface area contributed by atoms with E-state index in [4.69, 9.17) is 5.73 Å². The lowest BCUT2D eigenvalue weighted by atomic mass is 9.95. The fourth-order valence-corrected chi connectivity index (χ4v) is 3.05. The minimum absolute atomic E-state index is 0.00829. The Balaban J connectivity index is 2.72. The van der Waals surface area contributed by atoms with Gasteiger partial charge in [-0.3, -0.25) is 14.4 Å². The number of nitrogens with two attached hydrogens (primary N) is 1. The van der Waals surface area contributed by atoms with Crippen molar-refractivity contribution in [1.29, 1.82) is 0 Å². The number of phenols is 1. The molecule has 0 radical (unpaired) electrons. The summed E-state index contributed by atoms with van der Waals surface area (Å²) < 4.78 is 0. The third-order valence-electron chi connectivity index (χ3n) is 5.79. The number of hydrogen-bond donors (Lipinski definition) is 6. The average Bonchev–Trinajstić information content (AvgIpc) is 2.79. The van der Waals surface area contributed by atoms with Crippen LogP contribution in [0.1, 0.15) is 46.1 Å². The van der Waals surface area contributed by atoms with Crippen LogP contribution in [0.5, 0.6) is 5.75 Å². The lowest BCUT2D eigenvalue weighted by molar-refractivity contribution is -0.141. The molecule has 0 aliphatic carbocycles. The molecule has 33 heavy (non-hydrogen) atoms. The summed E-state index contributed by atoms with van der Waals surface area (Å²) in [5.41, 5.74) is 6.57. The Hall–Kier alpha value is -3.14. The van der Waals surface area contributed by atoms with Gasteiger partial charge in [-0.05, 0) is 29.5 Å². The lowest BCUT2D eigenvalue weighted by Crippen LogP contribution is -2.56. The fraction of sp³-hybridized carbons (Fsp3) is 0.565. The summed E-state index contributed by atoms with van der Waals surface area (Å²) in [6.07, 6.45) is 1.33. The Labute approximate surface area is 194 Å². The van der Waals surface area contributed by atoms with Crippen LogP contribution in [0.3, 0.4) is 0 Å². The molecule has 0 fully saturated rings. The second-order valence-corrected chi connectivity index (χ2v) is 8.33. The lowest BCUT2D eigenvalue weighted by Gasteiger charge is -2.26. The number of nitrogens with one attached hydrogen (secondary N) is 3. The standard InChI is InChI=1S/C23H36N4O6/c1-5-13(3)19(24)21(30)27-20(14(4)6-2)22(31)25-12-18(29)26-17(23(32)33)11-15-7-9-16(28)10-8-15/h7-10,13-14,17,19-20,28H,5-6,11-12,24H2,1-4H3,(H,25,31)(H,26,29)(H,27,30)(H,32,33). The van der Waals surface area contributed by atoms with Crippen molar-refractivity contribution in [3.05, 3.63) is 29.8 Å². The Bertz CT molecular complexity index is 814. The predicted molar refractivity (Wildman–Crippen MR) is 123 cm³/mol. The van der Waals surface area contributed by atoms with E-state index in [2.05, 4.69) is 16.0 Å². The normalized spacial score (nSPS) is 15.4. The zero-order chi connectivity index (χ0) is 25.1. The van der Waals surface area contributed by atoms with Gasteiger partial charge in [0.05, 0.1) is 12.6 Å². The SMILES string of the molecule is CCC(C)C(N)C(=O)NC(C(=O)NCC(=O)NC(Cc1ccc(O)cc1)C(=O)O)C(C)CC. The molecule has 1 aromatic rings. The van der Waals surface area contributed by atoms with Gasteiger partial charge < -0.3 is 31.9 Å². The van der Waals surface area contributed by atoms with Crippen molar-refractivity contribution in [2.24, 2.45) is 17.6 Å². The van der Waals surface area contributed by atoms with Gasteiger partial charge in [0.2, 0.25) is 17.7 Å². The van der Waals surface area contributed by atoms with E-state index in [-0.39, 0.29) is 24.0 Å². The topological polar surface area (TPSA) is 171 Å². The van der Waals surface area contributed by atoms with Gasteiger partial charge in [0.1, 0.15) is 17.8 Å². The van der Waals surface area contributed by atoms with Crippen LogP contribution in [0.15, 0.2) is 24.3 Å². The molecule has 10 nitrogen and oxygen atoms in total. The molecule has 184 valence electrons. The number of rotatable bonds is 13. The van der Waals surface area contributed by atoms with E-state index in [0.717, 1.165) is 0 Å². The van der Waals surface area contributed by atoms with Crippen LogP contribution < -0.4 is 21.7 Å². The molecule has 1 aromatic carbocycles. The number of phenolic OH excluding ortho intramolecular Hbond substituents is 1. The van der Waals surface area contributed by atoms with Crippen molar-refractivity contribution in [3.8, 4) is 5.75 Å². The summed E-state index contributed by atoms with van der Waals surface area (Å²) in [7, 11) is 0. The van der Waals surface area contributed by atoms with E-state index in [0.29, 0.717) is 18.4 Å². The second-order valence-electron chi connectivity index (χ2n) is 8.33. The maximum atomic E-state index is 12.7. The first-order valence-electron chi connectivity index (χ1n) is 11.1. The van der Waals surface area contributed by atoms with Crippen LogP contribution in [0.4, 0.5) is 0 Å². The number of aliphatic carboxylic acids is 1. The van der Waals surface area contributed by atoms with Gasteiger partial charge >= 0.3 is 5.97 Å². The van der Waals surface area contributed by atoms with Crippen molar-refractivity contribution >= 4 is 23.7 Å². The molecule has 3 amide bonds. The van der Waals surface area contributed by atoms with Crippen LogP contribution in [-0.2, 0) is 25.6 Å². The van der Waals surface area contributed by atoms with Gasteiger partial charge in [0, 0.05) is 6.42 Å². The number of carboxylic acid groups (broad SMARTS) is 1. The van der Waals surface area contributed by atoms with Crippen molar-refractivity contribution in [2.45, 2.75) is 65.1 Å². The average molecular weight is 465 g/mol. The molecule has 0 heterocycles. The highest BCUT2D eigenvalue weighted by Gasteiger charge is 2.30. The van der Waals surface area contributed by atoms with E-state index in [9.17, 15) is 29.4 Å². The number of carboxylic acids is 1. The molecule has 0 aliphatic rings. The number of carbonyl (C=O) groups is 4. The Morgan fingerprint density at radius 3 is 2.03 bits per heavy atom. The first-order chi connectivity index (χ1) is 15.5. The summed E-state index contributed by atoms with van der Waals surface area (Å²) in [5.74, 6) is -3.11. The number of hydrogen-bond acceptors (Lipinski definition) is 6. The molecule has 0 aromatic heterocycles. The maximum absolute atomic E-state index is 12.7. The molecule has 0 spiro atoms. The first-order valence-corrected chi connectivity index (χ1v) is 11.1. The van der Waals surface area contributed by atoms with Gasteiger partial charge in [-0.1, -0.05) is 52.7 Å². The zero-order valence-corrected chi connectivity index (χ0v) is 19.6. The van der Waals surface area contributed by atoms with Crippen molar-refractivity contribution in [3.63, 3.8) is 0 Å². The third-order valence-corrected chi connectivity index (χ3v) is 5.79. The summed E-state index contributed by atoms with van der Waals surface area (Å²) >= 11 is 0. The van der Waals surface area contributed by atoms with Crippen LogP contribution in [0.2, 0.25) is 0 Å². The monoisotopic (exact) mass is 464 g/mol. The van der Waals surface area contributed by atoms with E-state index in [1.165, 1.54) is 12.1 Å². The van der Waals surface area contributed by atoms with Crippen molar-refractivity contribution in [1.82, 2.24) is 16.0 Å². The molecular formula is C23H36N4O6. The highest BCUT2D eigenvalue weighted by molar-refractivity contribution is 5.92. The van der Waals surface area contributed by atoms with Gasteiger partial charge in [0.15, 0.2) is 0 Å². The molecule has 10 heteroatoms. The summed E-state index contributed by atoms with van der Waals surface area (Å²) in [5, 5.41) is 26.3. The smallest absolute Gasteiger partial charge is 0.326 e. The number of benzene rings is 1. The molecule has 0 saturated carbocycles. The Kier molecular flexibility index (Phi) is 11.3. The van der Waals surface area contributed by atoms with E-state index in [1.54, 1.807) is 19.1 Å². The molecule has 7 N–H and O–H groups in total. The highest BCUT2D eigenvalue weighted by atomic mass is 16.4. The quantitative estimate of drug-likeness (QED) is 0.247. The number of amides is 3. The molecule has 0 saturated heterocycles. The Morgan fingerprint density at radius 2 is 1.52 bits per heavy atom. The Morgan fingerprint density at radius 1 is 0.939 bits per heavy atom. The largest absolute Gasteiger partial charge is 0.508 e. The van der Waals surface area contributed by atoms with Crippen LogP contribution in [0.25, 0.3) is 0 Å². The number of carbonyl (C=O) groups excluding carboxylic acids is 3. The molecule has 0 aliphatic heterocycles. The predicted octanol–water partition coefficient (Wildman–Crippen LogP) is 0.525. The van der Waals surface area contributed by atoms with Gasteiger partial charge in [-0.25, -0.2) is 4.79 Å². The van der Waals surface area contributed by atoms with Crippen molar-refractivity contribution in [2.75, 3.05) is 6.54 Å². The maximum Gasteiger partial charge on any atom is 0.326 e. The zero-order valence-electron chi connectivity index (χ0n) is 19.6. The second kappa shape index (κ2) is 13.4. The molecule has 5 atom stereocenters. The van der Waals surface area contributed by atoms with Crippen LogP contribution in [-0.4, -0.2) is 58.6 Å². The summed E-state index contributed by atoms with van der Waals surface area (Å²) in [6, 6.07) is 3.12. The molecule has 0 bridgehead atoms. The van der Waals surface area contributed by atoms with Crippen LogP contribution >= 0.6 is 0 Å². The highest BCUT2D eigenvalue weighted by Crippen LogP contribution is 2.12. The fourth-order valence-electron chi connectivity index (χ4n) is 3.05. The third kappa shape index (κ3) is 9.09. The van der Waals surface area contributed by atoms with E-state index >= 15 is 0 Å². The van der Waals surface area contributed by atoms with E-state index < -0.39 is 48.4 Å².